The predicted molar refractivity (Wildman–Crippen MR) is 137 cm³/mol. The van der Waals surface area contributed by atoms with Gasteiger partial charge in [-0.2, -0.15) is 8.42 Å². The summed E-state index contributed by atoms with van der Waals surface area (Å²) in [6.45, 7) is 10.2. The lowest BCUT2D eigenvalue weighted by Crippen LogP contribution is -2.69. The van der Waals surface area contributed by atoms with E-state index in [1.54, 1.807) is 13.8 Å². The molecular formula is C27H40O11S. The van der Waals surface area contributed by atoms with Crippen LogP contribution in [0.4, 0.5) is 0 Å². The predicted octanol–water partition coefficient (Wildman–Crippen LogP) is 2.24. The summed E-state index contributed by atoms with van der Waals surface area (Å²) in [6, 6.07) is 0. The van der Waals surface area contributed by atoms with Crippen LogP contribution in [0.2, 0.25) is 0 Å². The molecule has 39 heavy (non-hydrogen) atoms. The third-order valence-corrected chi connectivity index (χ3v) is 9.30. The second kappa shape index (κ2) is 10.6. The lowest BCUT2D eigenvalue weighted by atomic mass is 9.48. The van der Waals surface area contributed by atoms with E-state index in [0.717, 1.165) is 13.2 Å². The Morgan fingerprint density at radius 1 is 1.03 bits per heavy atom. The first-order chi connectivity index (χ1) is 17.7. The van der Waals surface area contributed by atoms with Crippen LogP contribution < -0.4 is 0 Å². The van der Waals surface area contributed by atoms with E-state index in [0.29, 0.717) is 11.1 Å². The topological polar surface area (TPSA) is 160 Å². The average Bonchev–Trinajstić information content (AvgIpc) is 2.74. The van der Waals surface area contributed by atoms with E-state index in [-0.39, 0.29) is 31.5 Å². The molecule has 3 aliphatic rings. The number of Topliss-reactive ketones (excluding diaryl/α,β-unsaturated/α-hetero) is 1. The van der Waals surface area contributed by atoms with Gasteiger partial charge >= 0.3 is 17.9 Å². The van der Waals surface area contributed by atoms with Crippen molar-refractivity contribution in [2.45, 2.75) is 98.1 Å². The Balaban J connectivity index is 2.32. The Hall–Kier alpha value is -2.31. The Bertz CT molecular complexity index is 1190. The fourth-order valence-electron chi connectivity index (χ4n) is 7.34. The molecule has 7 atom stereocenters. The number of ether oxygens (including phenoxy) is 3. The Kier molecular flexibility index (Phi) is 8.48. The minimum absolute atomic E-state index is 0.0417. The van der Waals surface area contributed by atoms with Crippen LogP contribution in [-0.4, -0.2) is 74.0 Å². The third-order valence-electron chi connectivity index (χ3n) is 8.72. The van der Waals surface area contributed by atoms with E-state index >= 15 is 0 Å². The monoisotopic (exact) mass is 572 g/mol. The Morgan fingerprint density at radius 3 is 2.13 bits per heavy atom. The van der Waals surface area contributed by atoms with E-state index < -0.39 is 81.2 Å². The first kappa shape index (κ1) is 31.2. The molecule has 0 spiro atoms. The van der Waals surface area contributed by atoms with Crippen LogP contribution in [0.15, 0.2) is 11.1 Å². The quantitative estimate of drug-likeness (QED) is 0.282. The maximum atomic E-state index is 14.0. The van der Waals surface area contributed by atoms with Crippen molar-refractivity contribution in [1.29, 1.82) is 0 Å². The van der Waals surface area contributed by atoms with Crippen LogP contribution in [0.25, 0.3) is 0 Å². The lowest BCUT2D eigenvalue weighted by Gasteiger charge is -2.60. The van der Waals surface area contributed by atoms with E-state index in [2.05, 4.69) is 0 Å². The van der Waals surface area contributed by atoms with Gasteiger partial charge < -0.3 is 19.3 Å². The number of aliphatic hydroxyl groups is 1. The highest BCUT2D eigenvalue weighted by Crippen LogP contribution is 2.60. The summed E-state index contributed by atoms with van der Waals surface area (Å²) in [7, 11) is -4.07. The van der Waals surface area contributed by atoms with Gasteiger partial charge in [-0.25, -0.2) is 0 Å². The number of carbonyl (C=O) groups is 4. The SMILES string of the molecule is CC(=O)OC[C@]1(O)[C@@H](OS(C)(=O)=O)CC[C@@]2(C)CC(=O)C3=C(C)[C@@H](OC(C)=O)C[C@@H]([C@@H](OC(C)=O)[C@@H]21)C3(C)C. The number of rotatable bonds is 6. The zero-order valence-corrected chi connectivity index (χ0v) is 24.7. The fraction of sp³-hybridized carbons (Fsp3) is 0.778. The largest absolute Gasteiger partial charge is 0.463 e. The molecule has 0 unspecified atom stereocenters. The lowest BCUT2D eigenvalue weighted by molar-refractivity contribution is -0.241. The number of hydrogen-bond acceptors (Lipinski definition) is 11. The molecule has 11 nitrogen and oxygen atoms in total. The number of allylic oxidation sites excluding steroid dienone is 1. The molecule has 12 heteroatoms. The van der Waals surface area contributed by atoms with Crippen LogP contribution in [0.1, 0.15) is 74.1 Å². The van der Waals surface area contributed by atoms with Gasteiger partial charge in [0.2, 0.25) is 0 Å². The molecule has 0 amide bonds. The van der Waals surface area contributed by atoms with Crippen molar-refractivity contribution in [3.05, 3.63) is 11.1 Å². The second-order valence-electron chi connectivity index (χ2n) is 12.1. The molecule has 0 aromatic carbocycles. The Labute approximate surface area is 229 Å². The highest BCUT2D eigenvalue weighted by Gasteiger charge is 2.66. The average molecular weight is 573 g/mol. The molecule has 2 fully saturated rings. The number of ketones is 1. The van der Waals surface area contributed by atoms with Gasteiger partial charge in [-0.1, -0.05) is 20.8 Å². The van der Waals surface area contributed by atoms with Gasteiger partial charge in [0, 0.05) is 44.6 Å². The minimum Gasteiger partial charge on any atom is -0.463 e. The maximum Gasteiger partial charge on any atom is 0.303 e. The molecule has 0 aromatic heterocycles. The Morgan fingerprint density at radius 2 is 1.62 bits per heavy atom. The molecule has 0 radical (unpaired) electrons. The van der Waals surface area contributed by atoms with Gasteiger partial charge in [-0.3, -0.25) is 23.4 Å². The van der Waals surface area contributed by atoms with Crippen molar-refractivity contribution < 1.29 is 51.1 Å². The first-order valence-corrected chi connectivity index (χ1v) is 14.9. The summed E-state index contributed by atoms with van der Waals surface area (Å²) < 4.78 is 46.6. The molecule has 220 valence electrons. The number of carbonyl (C=O) groups excluding carboxylic acids is 4. The van der Waals surface area contributed by atoms with Crippen LogP contribution in [-0.2, 0) is 47.7 Å². The van der Waals surface area contributed by atoms with Gasteiger partial charge in [0.15, 0.2) is 5.78 Å². The molecule has 3 aliphatic carbocycles. The van der Waals surface area contributed by atoms with Crippen molar-refractivity contribution in [1.82, 2.24) is 0 Å². The van der Waals surface area contributed by atoms with Gasteiger partial charge in [-0.05, 0) is 42.6 Å². The first-order valence-electron chi connectivity index (χ1n) is 13.1. The van der Waals surface area contributed by atoms with Crippen LogP contribution in [0.5, 0.6) is 0 Å². The molecule has 2 saturated carbocycles. The van der Waals surface area contributed by atoms with Crippen molar-refractivity contribution in [2.75, 3.05) is 12.9 Å². The van der Waals surface area contributed by atoms with Gasteiger partial charge in [0.25, 0.3) is 10.1 Å². The standard InChI is InChI=1S/C27H40O11S/c1-14-20(36-16(3)29)11-18-23(37-17(4)30)24-26(7,12-19(31)22(14)25(18,5)6)10-9-21(38-39(8,33)34)27(24,32)13-35-15(2)28/h18,20-21,23-24,32H,9-13H2,1-8H3/t18-,20-,21-,23+,24-,26-,27-/m0/s1. The third kappa shape index (κ3) is 6.07. The summed E-state index contributed by atoms with van der Waals surface area (Å²) >= 11 is 0. The van der Waals surface area contributed by atoms with Crippen molar-refractivity contribution in [3.8, 4) is 0 Å². The summed E-state index contributed by atoms with van der Waals surface area (Å²) in [4.78, 5) is 50.4. The molecule has 0 aliphatic heterocycles. The number of hydrogen-bond donors (Lipinski definition) is 1. The second-order valence-corrected chi connectivity index (χ2v) is 13.7. The molecule has 2 bridgehead atoms. The minimum atomic E-state index is -4.07. The molecule has 0 saturated heterocycles. The van der Waals surface area contributed by atoms with Crippen LogP contribution in [0, 0.1) is 22.7 Å². The van der Waals surface area contributed by atoms with E-state index in [4.69, 9.17) is 18.4 Å². The summed E-state index contributed by atoms with van der Waals surface area (Å²) in [5, 5.41) is 12.4. The zero-order valence-electron chi connectivity index (χ0n) is 23.9. The molecule has 1 N–H and O–H groups in total. The maximum absolute atomic E-state index is 14.0. The molecular weight excluding hydrogens is 532 g/mol. The van der Waals surface area contributed by atoms with Gasteiger partial charge in [0.1, 0.15) is 30.5 Å². The summed E-state index contributed by atoms with van der Waals surface area (Å²) in [5.74, 6) is -3.83. The van der Waals surface area contributed by atoms with E-state index in [1.807, 2.05) is 13.8 Å². The highest BCUT2D eigenvalue weighted by atomic mass is 32.2. The van der Waals surface area contributed by atoms with Crippen molar-refractivity contribution >= 4 is 33.8 Å². The zero-order chi connectivity index (χ0) is 29.7. The van der Waals surface area contributed by atoms with Crippen molar-refractivity contribution in [3.63, 3.8) is 0 Å². The number of fused-ring (bicyclic) bond motifs is 3. The van der Waals surface area contributed by atoms with Crippen LogP contribution in [0.3, 0.4) is 0 Å². The van der Waals surface area contributed by atoms with Gasteiger partial charge in [0.05, 0.1) is 6.26 Å². The van der Waals surface area contributed by atoms with Gasteiger partial charge in [-0.15, -0.1) is 0 Å². The fourth-order valence-corrected chi connectivity index (χ4v) is 8.02. The van der Waals surface area contributed by atoms with Crippen molar-refractivity contribution in [2.24, 2.45) is 22.7 Å². The summed E-state index contributed by atoms with van der Waals surface area (Å²) in [6.07, 6.45) is -1.92. The number of esters is 3. The van der Waals surface area contributed by atoms with Crippen LogP contribution >= 0.6 is 0 Å². The van der Waals surface area contributed by atoms with E-state index in [1.165, 1.54) is 13.8 Å². The molecule has 0 heterocycles. The smallest absolute Gasteiger partial charge is 0.303 e. The molecule has 3 rings (SSSR count). The molecule has 0 aromatic rings. The summed E-state index contributed by atoms with van der Waals surface area (Å²) in [5.41, 5.74) is -2.92. The van der Waals surface area contributed by atoms with E-state index in [9.17, 15) is 32.7 Å². The highest BCUT2D eigenvalue weighted by molar-refractivity contribution is 7.86. The normalized spacial score (nSPS) is 36.2.